The predicted molar refractivity (Wildman–Crippen MR) is 68.8 cm³/mol. The number of benzene rings is 1. The first-order chi connectivity index (χ1) is 7.74. The number of hydrogen-bond acceptors (Lipinski definition) is 3. The molecular weight excluding hydrogens is 284 g/mol. The zero-order valence-corrected chi connectivity index (χ0v) is 11.7. The normalized spacial score (nSPS) is 15.1. The Bertz CT molecular complexity index is 447. The van der Waals surface area contributed by atoms with Crippen molar-refractivity contribution in [2.24, 2.45) is 0 Å². The van der Waals surface area contributed by atoms with Crippen molar-refractivity contribution < 1.29 is 13.9 Å². The molecule has 1 rings (SSSR count). The van der Waals surface area contributed by atoms with Crippen molar-refractivity contribution in [3.63, 3.8) is 0 Å². The SMILES string of the molecule is CC(C)(C=O)NP(=O)(Cl)Oc1ccc(Cl)cc1. The molecule has 0 spiro atoms. The molecule has 0 heterocycles. The van der Waals surface area contributed by atoms with Crippen molar-refractivity contribution in [1.82, 2.24) is 5.09 Å². The summed E-state index contributed by atoms with van der Waals surface area (Å²) in [5.74, 6) is 0.307. The van der Waals surface area contributed by atoms with Gasteiger partial charge in [-0.15, -0.1) is 0 Å². The van der Waals surface area contributed by atoms with Gasteiger partial charge in [-0.3, -0.25) is 0 Å². The quantitative estimate of drug-likeness (QED) is 0.666. The Morgan fingerprint density at radius 3 is 2.35 bits per heavy atom. The number of nitrogens with one attached hydrogen (secondary N) is 1. The number of aldehydes is 1. The van der Waals surface area contributed by atoms with E-state index in [0.717, 1.165) is 0 Å². The summed E-state index contributed by atoms with van der Waals surface area (Å²) < 4.78 is 17.0. The zero-order valence-electron chi connectivity index (χ0n) is 9.31. The molecule has 0 saturated heterocycles. The van der Waals surface area contributed by atoms with Crippen LogP contribution in [0.25, 0.3) is 0 Å². The molecule has 0 aliphatic carbocycles. The van der Waals surface area contributed by atoms with Crippen LogP contribution in [0.3, 0.4) is 0 Å². The van der Waals surface area contributed by atoms with Crippen LogP contribution < -0.4 is 9.61 Å². The third-order valence-electron chi connectivity index (χ3n) is 1.75. The molecule has 1 unspecified atom stereocenters. The minimum Gasteiger partial charge on any atom is -0.422 e. The highest BCUT2D eigenvalue weighted by Gasteiger charge is 2.30. The lowest BCUT2D eigenvalue weighted by Crippen LogP contribution is -2.38. The molecule has 0 bridgehead atoms. The highest BCUT2D eigenvalue weighted by molar-refractivity contribution is 7.84. The molecule has 0 saturated carbocycles. The molecule has 1 N–H and O–H groups in total. The average Bonchev–Trinajstić information content (AvgIpc) is 2.20. The average molecular weight is 296 g/mol. The summed E-state index contributed by atoms with van der Waals surface area (Å²) in [5, 5.41) is 2.97. The van der Waals surface area contributed by atoms with Gasteiger partial charge in [0.1, 0.15) is 12.0 Å². The van der Waals surface area contributed by atoms with Crippen molar-refractivity contribution in [3.8, 4) is 5.75 Å². The largest absolute Gasteiger partial charge is 0.422 e. The van der Waals surface area contributed by atoms with Gasteiger partial charge in [-0.1, -0.05) is 11.6 Å². The van der Waals surface area contributed by atoms with Gasteiger partial charge in [-0.25, -0.2) is 9.65 Å². The first-order valence-corrected chi connectivity index (χ1v) is 7.65. The Hall–Kier alpha value is -0.540. The van der Waals surface area contributed by atoms with E-state index >= 15 is 0 Å². The van der Waals surface area contributed by atoms with E-state index in [2.05, 4.69) is 5.09 Å². The molecule has 0 aliphatic heterocycles. The third kappa shape index (κ3) is 5.09. The fourth-order valence-electron chi connectivity index (χ4n) is 1.02. The van der Waals surface area contributed by atoms with Gasteiger partial charge in [-0.05, 0) is 38.1 Å². The Kier molecular flexibility index (Phi) is 4.62. The van der Waals surface area contributed by atoms with Crippen molar-refractivity contribution in [1.29, 1.82) is 0 Å². The molecule has 0 aliphatic rings. The van der Waals surface area contributed by atoms with E-state index in [4.69, 9.17) is 27.4 Å². The monoisotopic (exact) mass is 295 g/mol. The van der Waals surface area contributed by atoms with E-state index in [1.807, 2.05) is 0 Å². The first kappa shape index (κ1) is 14.5. The highest BCUT2D eigenvalue weighted by atomic mass is 35.7. The third-order valence-corrected chi connectivity index (χ3v) is 3.75. The number of hydrogen-bond donors (Lipinski definition) is 1. The Balaban J connectivity index is 2.76. The highest BCUT2D eigenvalue weighted by Crippen LogP contribution is 2.49. The van der Waals surface area contributed by atoms with Crippen LogP contribution in [0.1, 0.15) is 13.8 Å². The van der Waals surface area contributed by atoms with Crippen molar-refractivity contribution in [2.75, 3.05) is 0 Å². The first-order valence-electron chi connectivity index (χ1n) is 4.75. The van der Waals surface area contributed by atoms with Gasteiger partial charge in [-0.2, -0.15) is 0 Å². The fraction of sp³-hybridized carbons (Fsp3) is 0.300. The Morgan fingerprint density at radius 1 is 1.35 bits per heavy atom. The van der Waals surface area contributed by atoms with Crippen LogP contribution in [0.5, 0.6) is 5.75 Å². The molecule has 0 radical (unpaired) electrons. The van der Waals surface area contributed by atoms with Gasteiger partial charge < -0.3 is 9.32 Å². The lowest BCUT2D eigenvalue weighted by Gasteiger charge is -2.22. The molecule has 94 valence electrons. The standard InChI is InChI=1S/C10H12Cl2NO3P/c1-10(2,7-14)13-17(12,15)16-9-5-3-8(11)4-6-9/h3-7H,1-2H3,(H,13,15). The van der Waals surface area contributed by atoms with Gasteiger partial charge in [0, 0.05) is 16.3 Å². The van der Waals surface area contributed by atoms with Gasteiger partial charge in [0.05, 0.1) is 5.54 Å². The minimum atomic E-state index is -3.62. The molecule has 0 fully saturated rings. The number of carbonyl (C=O) groups is 1. The van der Waals surface area contributed by atoms with E-state index in [1.54, 1.807) is 26.0 Å². The van der Waals surface area contributed by atoms with Crippen LogP contribution in [0.15, 0.2) is 24.3 Å². The Labute approximate surface area is 110 Å². The summed E-state index contributed by atoms with van der Waals surface area (Å²) in [6.07, 6.45) is 0.604. The summed E-state index contributed by atoms with van der Waals surface area (Å²) >= 11 is 11.4. The molecule has 7 heteroatoms. The summed E-state index contributed by atoms with van der Waals surface area (Å²) in [6, 6.07) is 6.23. The summed E-state index contributed by atoms with van der Waals surface area (Å²) in [4.78, 5) is 10.7. The number of halogens is 2. The maximum absolute atomic E-state index is 11.9. The molecule has 17 heavy (non-hydrogen) atoms. The van der Waals surface area contributed by atoms with Gasteiger partial charge >= 0.3 is 6.87 Å². The van der Waals surface area contributed by atoms with Crippen molar-refractivity contribution in [3.05, 3.63) is 29.3 Å². The Morgan fingerprint density at radius 2 is 1.88 bits per heavy atom. The van der Waals surface area contributed by atoms with Gasteiger partial charge in [0.25, 0.3) is 0 Å². The fourth-order valence-corrected chi connectivity index (χ4v) is 3.22. The molecular formula is C10H12Cl2NO3P. The number of carbonyl (C=O) groups excluding carboxylic acids is 1. The topological polar surface area (TPSA) is 55.4 Å². The maximum atomic E-state index is 11.9. The second-order valence-corrected chi connectivity index (χ2v) is 7.11. The number of rotatable bonds is 5. The lowest BCUT2D eigenvalue weighted by molar-refractivity contribution is -0.111. The van der Waals surface area contributed by atoms with Gasteiger partial charge in [0.2, 0.25) is 0 Å². The smallest absolute Gasteiger partial charge is 0.409 e. The molecule has 0 amide bonds. The van der Waals surface area contributed by atoms with Crippen molar-refractivity contribution in [2.45, 2.75) is 19.4 Å². The molecule has 1 aromatic rings. The lowest BCUT2D eigenvalue weighted by atomic mass is 10.1. The molecule has 1 aromatic carbocycles. The summed E-state index contributed by atoms with van der Waals surface area (Å²) in [5.41, 5.74) is -1.02. The van der Waals surface area contributed by atoms with Crippen LogP contribution in [-0.4, -0.2) is 11.8 Å². The van der Waals surface area contributed by atoms with Crippen LogP contribution >= 0.6 is 29.7 Å². The van der Waals surface area contributed by atoms with E-state index in [-0.39, 0.29) is 0 Å². The maximum Gasteiger partial charge on any atom is 0.409 e. The van der Waals surface area contributed by atoms with Crippen LogP contribution in [0.2, 0.25) is 5.02 Å². The minimum absolute atomic E-state index is 0.307. The van der Waals surface area contributed by atoms with Crippen molar-refractivity contribution >= 4 is 36.0 Å². The van der Waals surface area contributed by atoms with E-state index in [0.29, 0.717) is 17.1 Å². The second-order valence-electron chi connectivity index (χ2n) is 3.98. The molecule has 1 atom stereocenters. The summed E-state index contributed by atoms with van der Waals surface area (Å²) in [7, 11) is 0. The van der Waals surface area contributed by atoms with Crippen LogP contribution in [-0.2, 0) is 9.36 Å². The zero-order chi connectivity index (χ0) is 13.1. The summed E-state index contributed by atoms with van der Waals surface area (Å²) in [6.45, 7) is -0.536. The van der Waals surface area contributed by atoms with Gasteiger partial charge in [0.15, 0.2) is 0 Å². The van der Waals surface area contributed by atoms with E-state index < -0.39 is 12.4 Å². The van der Waals surface area contributed by atoms with Crippen LogP contribution in [0, 0.1) is 0 Å². The second kappa shape index (κ2) is 5.40. The predicted octanol–water partition coefficient (Wildman–Crippen LogP) is 3.63. The molecule has 0 aromatic heterocycles. The van der Waals surface area contributed by atoms with Crippen LogP contribution in [0.4, 0.5) is 0 Å². The van der Waals surface area contributed by atoms with E-state index in [1.165, 1.54) is 12.1 Å². The molecule has 4 nitrogen and oxygen atoms in total. The van der Waals surface area contributed by atoms with E-state index in [9.17, 15) is 9.36 Å².